The van der Waals surface area contributed by atoms with Gasteiger partial charge in [-0.25, -0.2) is 4.79 Å². The molecule has 0 saturated heterocycles. The third-order valence-corrected chi connectivity index (χ3v) is 3.10. The number of carbonyl (C=O) groups excluding carboxylic acids is 1. The number of nitrogens with one attached hydrogen (secondary N) is 3. The van der Waals surface area contributed by atoms with E-state index >= 15 is 0 Å². The molecule has 1 rings (SSSR count). The topological polar surface area (TPSA) is 62.4 Å². The van der Waals surface area contributed by atoms with Gasteiger partial charge in [0.05, 0.1) is 6.10 Å². The molecule has 20 heavy (non-hydrogen) atoms. The molecule has 1 aromatic carbocycles. The van der Waals surface area contributed by atoms with E-state index in [4.69, 9.17) is 4.74 Å². The zero-order valence-electron chi connectivity index (χ0n) is 12.7. The third-order valence-electron chi connectivity index (χ3n) is 3.10. The van der Waals surface area contributed by atoms with Gasteiger partial charge in [0.15, 0.2) is 0 Å². The second-order valence-electron chi connectivity index (χ2n) is 4.73. The lowest BCUT2D eigenvalue weighted by molar-refractivity contribution is 0.0780. The highest BCUT2D eigenvalue weighted by Gasteiger charge is 2.06. The first-order valence-electron chi connectivity index (χ1n) is 7.00. The van der Waals surface area contributed by atoms with Gasteiger partial charge in [-0.1, -0.05) is 12.1 Å². The summed E-state index contributed by atoms with van der Waals surface area (Å²) in [6.07, 6.45) is 0.0182. The van der Waals surface area contributed by atoms with Crippen molar-refractivity contribution in [1.29, 1.82) is 0 Å². The molecular weight excluding hydrogens is 254 g/mol. The fourth-order valence-corrected chi connectivity index (χ4v) is 1.78. The lowest BCUT2D eigenvalue weighted by Crippen LogP contribution is -2.35. The van der Waals surface area contributed by atoms with Crippen LogP contribution < -0.4 is 16.0 Å². The molecular formula is C15H25N3O2. The van der Waals surface area contributed by atoms with Crippen molar-refractivity contribution in [1.82, 2.24) is 10.6 Å². The van der Waals surface area contributed by atoms with E-state index in [1.807, 2.05) is 45.2 Å². The van der Waals surface area contributed by atoms with Crippen LogP contribution in [0.25, 0.3) is 0 Å². The van der Waals surface area contributed by atoms with Gasteiger partial charge in [0, 0.05) is 24.9 Å². The van der Waals surface area contributed by atoms with Crippen molar-refractivity contribution >= 4 is 11.7 Å². The van der Waals surface area contributed by atoms with Gasteiger partial charge < -0.3 is 20.7 Å². The van der Waals surface area contributed by atoms with Gasteiger partial charge in [-0.15, -0.1) is 0 Å². The van der Waals surface area contributed by atoms with E-state index < -0.39 is 0 Å². The Labute approximate surface area is 121 Å². The molecule has 5 heteroatoms. The van der Waals surface area contributed by atoms with Crippen molar-refractivity contribution in [2.75, 3.05) is 25.5 Å². The van der Waals surface area contributed by atoms with Crippen molar-refractivity contribution in [3.8, 4) is 0 Å². The Bertz CT molecular complexity index is 406. The van der Waals surface area contributed by atoms with E-state index in [9.17, 15) is 4.79 Å². The molecule has 5 nitrogen and oxygen atoms in total. The molecule has 3 N–H and O–H groups in total. The molecule has 2 amide bonds. The molecule has 1 aromatic rings. The van der Waals surface area contributed by atoms with Crippen LogP contribution in [0.3, 0.4) is 0 Å². The van der Waals surface area contributed by atoms with E-state index in [1.165, 1.54) is 5.56 Å². The van der Waals surface area contributed by atoms with E-state index in [0.717, 1.165) is 5.69 Å². The number of rotatable bonds is 7. The predicted octanol–water partition coefficient (Wildman–Crippen LogP) is 2.51. The Kier molecular flexibility index (Phi) is 7.04. The van der Waals surface area contributed by atoms with Gasteiger partial charge in [-0.2, -0.15) is 0 Å². The maximum absolute atomic E-state index is 11.7. The molecule has 112 valence electrons. The summed E-state index contributed by atoms with van der Waals surface area (Å²) in [7, 11) is 1.92. The van der Waals surface area contributed by atoms with Crippen molar-refractivity contribution in [2.24, 2.45) is 0 Å². The Hall–Kier alpha value is -1.59. The van der Waals surface area contributed by atoms with Gasteiger partial charge in [-0.05, 0) is 45.5 Å². The van der Waals surface area contributed by atoms with Crippen LogP contribution in [0, 0.1) is 0 Å². The molecule has 0 aliphatic rings. The van der Waals surface area contributed by atoms with Crippen LogP contribution in [-0.4, -0.2) is 32.3 Å². The highest BCUT2D eigenvalue weighted by atomic mass is 16.5. The van der Waals surface area contributed by atoms with Crippen LogP contribution in [0.1, 0.15) is 32.4 Å². The third kappa shape index (κ3) is 5.59. The van der Waals surface area contributed by atoms with Crippen molar-refractivity contribution < 1.29 is 9.53 Å². The molecule has 2 atom stereocenters. The lowest BCUT2D eigenvalue weighted by atomic mass is 10.1. The standard InChI is InChI=1S/C15H25N3O2/c1-5-20-11(2)10-17-15(19)18-14-8-6-13(7-9-14)12(3)16-4/h6-9,11-12,16H,5,10H2,1-4H3,(H2,17,18,19). The largest absolute Gasteiger partial charge is 0.377 e. The summed E-state index contributed by atoms with van der Waals surface area (Å²) in [4.78, 5) is 11.7. The van der Waals surface area contributed by atoms with Crippen LogP contribution >= 0.6 is 0 Å². The summed E-state index contributed by atoms with van der Waals surface area (Å²) in [5, 5.41) is 8.75. The summed E-state index contributed by atoms with van der Waals surface area (Å²) in [5.41, 5.74) is 1.96. The van der Waals surface area contributed by atoms with Crippen LogP contribution in [0.15, 0.2) is 24.3 Å². The number of hydrogen-bond acceptors (Lipinski definition) is 3. The van der Waals surface area contributed by atoms with E-state index in [1.54, 1.807) is 0 Å². The molecule has 0 heterocycles. The van der Waals surface area contributed by atoms with E-state index in [2.05, 4.69) is 22.9 Å². The molecule has 0 fully saturated rings. The maximum Gasteiger partial charge on any atom is 0.319 e. The first-order valence-corrected chi connectivity index (χ1v) is 7.00. The minimum Gasteiger partial charge on any atom is -0.377 e. The fraction of sp³-hybridized carbons (Fsp3) is 0.533. The molecule has 0 bridgehead atoms. The van der Waals surface area contributed by atoms with Crippen molar-refractivity contribution in [2.45, 2.75) is 32.9 Å². The zero-order valence-corrected chi connectivity index (χ0v) is 12.7. The number of hydrogen-bond donors (Lipinski definition) is 3. The minimum atomic E-state index is -0.217. The highest BCUT2D eigenvalue weighted by Crippen LogP contribution is 2.15. The van der Waals surface area contributed by atoms with Gasteiger partial charge in [0.2, 0.25) is 0 Å². The summed E-state index contributed by atoms with van der Waals surface area (Å²) >= 11 is 0. The van der Waals surface area contributed by atoms with Crippen LogP contribution in [0.4, 0.5) is 10.5 Å². The first kappa shape index (κ1) is 16.5. The van der Waals surface area contributed by atoms with E-state index in [-0.39, 0.29) is 12.1 Å². The monoisotopic (exact) mass is 279 g/mol. The second kappa shape index (κ2) is 8.55. The van der Waals surface area contributed by atoms with Crippen LogP contribution in [0.5, 0.6) is 0 Å². The number of amides is 2. The summed E-state index contributed by atoms with van der Waals surface area (Å²) in [6, 6.07) is 7.87. The number of benzene rings is 1. The molecule has 0 aromatic heterocycles. The highest BCUT2D eigenvalue weighted by molar-refractivity contribution is 5.89. The molecule has 0 radical (unpaired) electrons. The molecule has 0 aliphatic carbocycles. The van der Waals surface area contributed by atoms with Crippen molar-refractivity contribution in [3.63, 3.8) is 0 Å². The fourth-order valence-electron chi connectivity index (χ4n) is 1.78. The number of anilines is 1. The average molecular weight is 279 g/mol. The zero-order chi connectivity index (χ0) is 15.0. The van der Waals surface area contributed by atoms with Crippen LogP contribution in [-0.2, 0) is 4.74 Å². The Morgan fingerprint density at radius 1 is 1.25 bits per heavy atom. The lowest BCUT2D eigenvalue weighted by Gasteiger charge is -2.14. The Balaban J connectivity index is 2.42. The maximum atomic E-state index is 11.7. The number of ether oxygens (including phenoxy) is 1. The van der Waals surface area contributed by atoms with Crippen molar-refractivity contribution in [3.05, 3.63) is 29.8 Å². The number of carbonyl (C=O) groups is 1. The Morgan fingerprint density at radius 3 is 2.45 bits per heavy atom. The van der Waals surface area contributed by atoms with Gasteiger partial charge in [0.1, 0.15) is 0 Å². The van der Waals surface area contributed by atoms with E-state index in [0.29, 0.717) is 19.2 Å². The smallest absolute Gasteiger partial charge is 0.319 e. The predicted molar refractivity (Wildman–Crippen MR) is 82.0 cm³/mol. The molecule has 0 aliphatic heterocycles. The van der Waals surface area contributed by atoms with Gasteiger partial charge in [-0.3, -0.25) is 0 Å². The summed E-state index contributed by atoms with van der Waals surface area (Å²) in [6.45, 7) is 7.09. The SMILES string of the molecule is CCOC(C)CNC(=O)Nc1ccc(C(C)NC)cc1. The quantitative estimate of drug-likeness (QED) is 0.718. The summed E-state index contributed by atoms with van der Waals surface area (Å²) in [5.74, 6) is 0. The van der Waals surface area contributed by atoms with Gasteiger partial charge in [0.25, 0.3) is 0 Å². The summed E-state index contributed by atoms with van der Waals surface area (Å²) < 4.78 is 5.35. The molecule has 2 unspecified atom stereocenters. The Morgan fingerprint density at radius 2 is 1.90 bits per heavy atom. The average Bonchev–Trinajstić information content (AvgIpc) is 2.45. The van der Waals surface area contributed by atoms with Gasteiger partial charge >= 0.3 is 6.03 Å². The normalized spacial score (nSPS) is 13.6. The minimum absolute atomic E-state index is 0.0182. The second-order valence-corrected chi connectivity index (χ2v) is 4.73. The van der Waals surface area contributed by atoms with Crippen LogP contribution in [0.2, 0.25) is 0 Å². The first-order chi connectivity index (χ1) is 9.56. The number of urea groups is 1. The molecule has 0 saturated carbocycles. The molecule has 0 spiro atoms.